The average Bonchev–Trinajstić information content (AvgIpc) is 2.90. The van der Waals surface area contributed by atoms with E-state index in [0.717, 1.165) is 4.90 Å². The molecule has 1 heterocycles. The number of amides is 2. The summed E-state index contributed by atoms with van der Waals surface area (Å²) in [5.41, 5.74) is 1.04. The summed E-state index contributed by atoms with van der Waals surface area (Å²) in [7, 11) is 2.97. The topological polar surface area (TPSA) is 93.1 Å². The second kappa shape index (κ2) is 6.87. The van der Waals surface area contributed by atoms with Gasteiger partial charge < -0.3 is 14.6 Å². The number of carboxylic acids is 1. The molecule has 0 aliphatic carbocycles. The van der Waals surface area contributed by atoms with Crippen LogP contribution < -0.4 is 9.47 Å². The molecule has 0 radical (unpaired) electrons. The van der Waals surface area contributed by atoms with Crippen molar-refractivity contribution in [3.05, 3.63) is 59.2 Å². The number of fused-ring (bicyclic) bond motifs is 1. The molecule has 2 amide bonds. The van der Waals surface area contributed by atoms with Crippen LogP contribution in [-0.2, 0) is 11.2 Å². The molecular weight excluding hydrogens is 338 g/mol. The van der Waals surface area contributed by atoms with Gasteiger partial charge in [-0.05, 0) is 29.8 Å². The lowest BCUT2D eigenvalue weighted by Crippen LogP contribution is -2.46. The van der Waals surface area contributed by atoms with Crippen LogP contribution in [0.1, 0.15) is 26.3 Å². The van der Waals surface area contributed by atoms with Crippen molar-refractivity contribution in [3.63, 3.8) is 0 Å². The Morgan fingerprint density at radius 2 is 1.58 bits per heavy atom. The van der Waals surface area contributed by atoms with Crippen LogP contribution in [0.15, 0.2) is 42.5 Å². The first-order valence-electron chi connectivity index (χ1n) is 7.88. The molecule has 26 heavy (non-hydrogen) atoms. The summed E-state index contributed by atoms with van der Waals surface area (Å²) >= 11 is 0. The highest BCUT2D eigenvalue weighted by molar-refractivity contribution is 6.22. The highest BCUT2D eigenvalue weighted by atomic mass is 16.5. The Labute approximate surface area is 149 Å². The molecule has 1 N–H and O–H groups in total. The van der Waals surface area contributed by atoms with E-state index in [4.69, 9.17) is 9.47 Å². The molecule has 0 aromatic heterocycles. The number of carbonyl (C=O) groups is 3. The van der Waals surface area contributed by atoms with E-state index in [1.165, 1.54) is 26.4 Å². The highest BCUT2D eigenvalue weighted by Gasteiger charge is 2.42. The molecule has 0 saturated heterocycles. The number of ether oxygens (including phenoxy) is 2. The predicted octanol–water partition coefficient (Wildman–Crippen LogP) is 2.00. The highest BCUT2D eigenvalue weighted by Crippen LogP contribution is 2.30. The first kappa shape index (κ1) is 17.5. The third-order valence-electron chi connectivity index (χ3n) is 4.30. The first-order valence-corrected chi connectivity index (χ1v) is 7.88. The van der Waals surface area contributed by atoms with Crippen LogP contribution in [0, 0.1) is 0 Å². The minimum absolute atomic E-state index is 0.0405. The van der Waals surface area contributed by atoms with Crippen LogP contribution >= 0.6 is 0 Å². The van der Waals surface area contributed by atoms with Crippen molar-refractivity contribution in [2.45, 2.75) is 12.5 Å². The van der Waals surface area contributed by atoms with Crippen molar-refractivity contribution in [1.29, 1.82) is 0 Å². The summed E-state index contributed by atoms with van der Waals surface area (Å²) < 4.78 is 10.4. The molecule has 0 bridgehead atoms. The van der Waals surface area contributed by atoms with E-state index in [0.29, 0.717) is 17.1 Å². The summed E-state index contributed by atoms with van der Waals surface area (Å²) in [4.78, 5) is 37.7. The smallest absolute Gasteiger partial charge is 0.327 e. The van der Waals surface area contributed by atoms with Crippen LogP contribution in [0.4, 0.5) is 0 Å². The number of nitrogens with zero attached hydrogens (tertiary/aromatic N) is 1. The maximum atomic E-state index is 12.6. The minimum Gasteiger partial charge on any atom is -0.493 e. The van der Waals surface area contributed by atoms with Gasteiger partial charge in [-0.1, -0.05) is 18.2 Å². The van der Waals surface area contributed by atoms with Gasteiger partial charge in [-0.15, -0.1) is 0 Å². The molecule has 0 spiro atoms. The number of carbonyl (C=O) groups excluding carboxylic acids is 2. The summed E-state index contributed by atoms with van der Waals surface area (Å²) in [6.07, 6.45) is -0.0405. The standard InChI is InChI=1S/C19H17NO6/c1-25-15-8-7-11(10-16(15)26-2)9-14(19(23)24)20-17(21)12-5-3-4-6-13(12)18(20)22/h3-8,10,14H,9H2,1-2H3,(H,23,24). The van der Waals surface area contributed by atoms with Gasteiger partial charge in [0.15, 0.2) is 11.5 Å². The Morgan fingerprint density at radius 3 is 2.08 bits per heavy atom. The van der Waals surface area contributed by atoms with E-state index in [1.54, 1.807) is 30.3 Å². The molecule has 1 unspecified atom stereocenters. The average molecular weight is 355 g/mol. The monoisotopic (exact) mass is 355 g/mol. The first-order chi connectivity index (χ1) is 12.5. The Kier molecular flexibility index (Phi) is 4.62. The molecule has 2 aromatic rings. The van der Waals surface area contributed by atoms with Gasteiger partial charge in [0.05, 0.1) is 25.3 Å². The zero-order valence-electron chi connectivity index (χ0n) is 14.3. The lowest BCUT2D eigenvalue weighted by Gasteiger charge is -2.23. The van der Waals surface area contributed by atoms with E-state index in [1.807, 2.05) is 0 Å². The van der Waals surface area contributed by atoms with Gasteiger partial charge >= 0.3 is 5.97 Å². The van der Waals surface area contributed by atoms with E-state index < -0.39 is 23.8 Å². The maximum absolute atomic E-state index is 12.6. The SMILES string of the molecule is COc1ccc(CC(C(=O)O)N2C(=O)c3ccccc3C2=O)cc1OC. The fourth-order valence-electron chi connectivity index (χ4n) is 3.01. The number of carboxylic acid groups (broad SMARTS) is 1. The van der Waals surface area contributed by atoms with Crippen LogP contribution in [-0.4, -0.2) is 48.1 Å². The second-order valence-corrected chi connectivity index (χ2v) is 5.77. The molecule has 0 saturated carbocycles. The molecule has 7 heteroatoms. The number of aliphatic carboxylic acids is 1. The number of methoxy groups -OCH3 is 2. The van der Waals surface area contributed by atoms with Gasteiger partial charge in [0.25, 0.3) is 11.8 Å². The largest absolute Gasteiger partial charge is 0.493 e. The molecule has 134 valence electrons. The normalized spacial score (nSPS) is 14.2. The zero-order chi connectivity index (χ0) is 18.8. The minimum atomic E-state index is -1.32. The third-order valence-corrected chi connectivity index (χ3v) is 4.30. The van der Waals surface area contributed by atoms with Gasteiger partial charge in [0.1, 0.15) is 6.04 Å². The Morgan fingerprint density at radius 1 is 1.00 bits per heavy atom. The lowest BCUT2D eigenvalue weighted by molar-refractivity contribution is -0.141. The van der Waals surface area contributed by atoms with Gasteiger partial charge in [-0.25, -0.2) is 4.79 Å². The van der Waals surface area contributed by atoms with Crippen molar-refractivity contribution in [2.24, 2.45) is 0 Å². The Hall–Kier alpha value is -3.35. The van der Waals surface area contributed by atoms with Crippen molar-refractivity contribution in [2.75, 3.05) is 14.2 Å². The fourth-order valence-corrected chi connectivity index (χ4v) is 3.01. The summed E-state index contributed by atoms with van der Waals surface area (Å²) in [5.74, 6) is -1.51. The zero-order valence-corrected chi connectivity index (χ0v) is 14.3. The quantitative estimate of drug-likeness (QED) is 0.797. The van der Waals surface area contributed by atoms with Crippen molar-refractivity contribution >= 4 is 17.8 Å². The van der Waals surface area contributed by atoms with E-state index in [-0.39, 0.29) is 17.5 Å². The second-order valence-electron chi connectivity index (χ2n) is 5.77. The van der Waals surface area contributed by atoms with E-state index in [2.05, 4.69) is 0 Å². The molecule has 7 nitrogen and oxygen atoms in total. The van der Waals surface area contributed by atoms with Crippen LogP contribution in [0.2, 0.25) is 0 Å². The van der Waals surface area contributed by atoms with Gasteiger partial charge in [-0.2, -0.15) is 0 Å². The van der Waals surface area contributed by atoms with Crippen molar-refractivity contribution in [1.82, 2.24) is 4.90 Å². The number of hydrogen-bond donors (Lipinski definition) is 1. The number of hydrogen-bond acceptors (Lipinski definition) is 5. The van der Waals surface area contributed by atoms with E-state index >= 15 is 0 Å². The predicted molar refractivity (Wildman–Crippen MR) is 91.6 cm³/mol. The maximum Gasteiger partial charge on any atom is 0.327 e. The molecule has 2 aromatic carbocycles. The van der Waals surface area contributed by atoms with Crippen LogP contribution in [0.5, 0.6) is 11.5 Å². The summed E-state index contributed by atoms with van der Waals surface area (Å²) in [5, 5.41) is 9.63. The summed E-state index contributed by atoms with van der Waals surface area (Å²) in [6.45, 7) is 0. The van der Waals surface area contributed by atoms with E-state index in [9.17, 15) is 19.5 Å². The summed E-state index contributed by atoms with van der Waals surface area (Å²) in [6, 6.07) is 9.95. The molecule has 3 rings (SSSR count). The number of rotatable bonds is 6. The van der Waals surface area contributed by atoms with Gasteiger partial charge in [-0.3, -0.25) is 14.5 Å². The van der Waals surface area contributed by atoms with Crippen LogP contribution in [0.25, 0.3) is 0 Å². The van der Waals surface area contributed by atoms with Gasteiger partial charge in [0.2, 0.25) is 0 Å². The van der Waals surface area contributed by atoms with Crippen LogP contribution in [0.3, 0.4) is 0 Å². The number of benzene rings is 2. The Balaban J connectivity index is 1.93. The lowest BCUT2D eigenvalue weighted by atomic mass is 10.0. The molecule has 1 aliphatic rings. The molecule has 1 aliphatic heterocycles. The molecule has 1 atom stereocenters. The fraction of sp³-hybridized carbons (Fsp3) is 0.211. The van der Waals surface area contributed by atoms with Crippen molar-refractivity contribution < 1.29 is 29.0 Å². The number of imide groups is 1. The molecule has 0 fully saturated rings. The molecular formula is C19H17NO6. The third kappa shape index (κ3) is 2.88. The Bertz CT molecular complexity index is 856. The van der Waals surface area contributed by atoms with Crippen molar-refractivity contribution in [3.8, 4) is 11.5 Å². The van der Waals surface area contributed by atoms with Gasteiger partial charge in [0, 0.05) is 6.42 Å².